The third-order valence-corrected chi connectivity index (χ3v) is 6.46. The summed E-state index contributed by atoms with van der Waals surface area (Å²) in [5.41, 5.74) is 6.69. The van der Waals surface area contributed by atoms with Gasteiger partial charge in [-0.25, -0.2) is 9.37 Å². The van der Waals surface area contributed by atoms with Gasteiger partial charge in [-0.05, 0) is 49.2 Å². The predicted octanol–water partition coefficient (Wildman–Crippen LogP) is 5.43. The van der Waals surface area contributed by atoms with Crippen molar-refractivity contribution in [1.29, 1.82) is 0 Å². The van der Waals surface area contributed by atoms with Crippen molar-refractivity contribution in [3.05, 3.63) is 82.9 Å². The molecule has 2 heterocycles. The minimum Gasteiger partial charge on any atom is -0.493 e. The Balaban J connectivity index is 1.38. The normalized spacial score (nSPS) is 14.6. The van der Waals surface area contributed by atoms with Gasteiger partial charge in [-0.2, -0.15) is 0 Å². The van der Waals surface area contributed by atoms with Crippen LogP contribution in [0.4, 0.5) is 10.1 Å². The Morgan fingerprint density at radius 3 is 2.88 bits per heavy atom. The molecule has 34 heavy (non-hydrogen) atoms. The molecular formula is C27H26FN3O3. The van der Waals surface area contributed by atoms with Crippen LogP contribution in [0.15, 0.2) is 54.6 Å². The van der Waals surface area contributed by atoms with E-state index >= 15 is 0 Å². The molecule has 3 aromatic carbocycles. The van der Waals surface area contributed by atoms with Crippen LogP contribution in [0.5, 0.6) is 5.75 Å². The van der Waals surface area contributed by atoms with Crippen molar-refractivity contribution in [1.82, 2.24) is 9.55 Å². The number of imidazole rings is 1. The van der Waals surface area contributed by atoms with Crippen LogP contribution >= 0.6 is 0 Å². The van der Waals surface area contributed by atoms with Crippen LogP contribution in [0.2, 0.25) is 0 Å². The minimum atomic E-state index is -0.281. The zero-order valence-electron chi connectivity index (χ0n) is 19.4. The number of fused-ring (bicyclic) bond motifs is 2. The van der Waals surface area contributed by atoms with Crippen LogP contribution in [0.3, 0.4) is 0 Å². The average Bonchev–Trinajstić information content (AvgIpc) is 3.37. The van der Waals surface area contributed by atoms with Crippen molar-refractivity contribution in [3.8, 4) is 11.4 Å². The van der Waals surface area contributed by atoms with E-state index in [-0.39, 0.29) is 17.7 Å². The van der Waals surface area contributed by atoms with E-state index < -0.39 is 0 Å². The van der Waals surface area contributed by atoms with Crippen molar-refractivity contribution >= 4 is 22.7 Å². The topological polar surface area (TPSA) is 65.4 Å². The third-order valence-electron chi connectivity index (χ3n) is 6.46. The van der Waals surface area contributed by atoms with E-state index in [0.717, 1.165) is 50.7 Å². The van der Waals surface area contributed by atoms with Crippen LogP contribution in [0.1, 0.15) is 34.9 Å². The zero-order valence-corrected chi connectivity index (χ0v) is 19.4. The largest absolute Gasteiger partial charge is 0.493 e. The number of hydrogen-bond donors (Lipinski definition) is 1. The van der Waals surface area contributed by atoms with Gasteiger partial charge < -0.3 is 14.8 Å². The molecule has 0 radical (unpaired) electrons. The van der Waals surface area contributed by atoms with Gasteiger partial charge in [-0.3, -0.25) is 9.36 Å². The first-order valence-electron chi connectivity index (χ1n) is 11.3. The van der Waals surface area contributed by atoms with E-state index in [0.29, 0.717) is 19.6 Å². The van der Waals surface area contributed by atoms with Gasteiger partial charge in [0.2, 0.25) is 0 Å². The molecule has 4 aromatic rings. The SMILES string of the molecule is COC(=O)C[C@@H]1COc2cc(NCc3cccc(-n4c(C)nc5ccc(F)cc54)c3C)ccc21. The second-order valence-electron chi connectivity index (χ2n) is 8.58. The van der Waals surface area contributed by atoms with Crippen LogP contribution in [0.25, 0.3) is 16.7 Å². The Labute approximate surface area is 197 Å². The fraction of sp³-hybridized carbons (Fsp3) is 0.259. The number of aryl methyl sites for hydroxylation is 1. The molecule has 6 nitrogen and oxygen atoms in total. The van der Waals surface area contributed by atoms with E-state index in [1.54, 1.807) is 6.07 Å². The maximum absolute atomic E-state index is 13.9. The number of ether oxygens (including phenoxy) is 2. The van der Waals surface area contributed by atoms with Gasteiger partial charge in [-0.1, -0.05) is 18.2 Å². The number of rotatable bonds is 6. The average molecular weight is 460 g/mol. The molecule has 174 valence electrons. The lowest BCUT2D eigenvalue weighted by molar-refractivity contribution is -0.141. The number of nitrogens with zero attached hydrogens (tertiary/aromatic N) is 2. The van der Waals surface area contributed by atoms with Crippen molar-refractivity contribution in [2.45, 2.75) is 32.7 Å². The lowest BCUT2D eigenvalue weighted by Gasteiger charge is -2.16. The summed E-state index contributed by atoms with van der Waals surface area (Å²) in [5.74, 6) is 1.12. The highest BCUT2D eigenvalue weighted by Gasteiger charge is 2.27. The van der Waals surface area contributed by atoms with Crippen molar-refractivity contribution in [2.75, 3.05) is 19.0 Å². The van der Waals surface area contributed by atoms with Crippen molar-refractivity contribution in [3.63, 3.8) is 0 Å². The molecule has 0 amide bonds. The smallest absolute Gasteiger partial charge is 0.306 e. The molecule has 0 aliphatic carbocycles. The highest BCUT2D eigenvalue weighted by Crippen LogP contribution is 2.38. The standard InChI is InChI=1S/C27H26FN3O3/c1-16-18(5-4-6-24(16)31-17(2)30-23-10-7-20(28)12-25(23)31)14-29-21-8-9-22-19(11-27(32)33-3)15-34-26(22)13-21/h4-10,12-13,19,29H,11,14-15H2,1-3H3/t19-/m1/s1. The fourth-order valence-corrected chi connectivity index (χ4v) is 4.61. The Bertz CT molecular complexity index is 1400. The first-order chi connectivity index (χ1) is 16.4. The van der Waals surface area contributed by atoms with Crippen LogP contribution in [0, 0.1) is 19.7 Å². The molecule has 0 fully saturated rings. The lowest BCUT2D eigenvalue weighted by Crippen LogP contribution is -2.09. The Morgan fingerprint density at radius 1 is 1.21 bits per heavy atom. The summed E-state index contributed by atoms with van der Waals surface area (Å²) in [6, 6.07) is 16.8. The summed E-state index contributed by atoms with van der Waals surface area (Å²) < 4.78 is 26.6. The van der Waals surface area contributed by atoms with E-state index in [1.807, 2.05) is 41.8 Å². The van der Waals surface area contributed by atoms with E-state index in [4.69, 9.17) is 9.47 Å². The summed E-state index contributed by atoms with van der Waals surface area (Å²) >= 11 is 0. The maximum Gasteiger partial charge on any atom is 0.306 e. The maximum atomic E-state index is 13.9. The molecule has 0 unspecified atom stereocenters. The first-order valence-corrected chi connectivity index (χ1v) is 11.3. The number of carbonyl (C=O) groups excluding carboxylic acids is 1. The summed E-state index contributed by atoms with van der Waals surface area (Å²) in [6.07, 6.45) is 0.314. The van der Waals surface area contributed by atoms with Crippen LogP contribution in [-0.2, 0) is 16.1 Å². The second kappa shape index (κ2) is 8.82. The molecule has 1 N–H and O–H groups in total. The summed E-state index contributed by atoms with van der Waals surface area (Å²) in [5, 5.41) is 3.48. The number of anilines is 1. The molecule has 0 saturated heterocycles. The quantitative estimate of drug-likeness (QED) is 0.390. The van der Waals surface area contributed by atoms with Gasteiger partial charge in [0, 0.05) is 35.8 Å². The molecule has 0 spiro atoms. The van der Waals surface area contributed by atoms with Gasteiger partial charge in [0.15, 0.2) is 0 Å². The molecule has 1 atom stereocenters. The van der Waals surface area contributed by atoms with Crippen molar-refractivity contribution < 1.29 is 18.7 Å². The number of methoxy groups -OCH3 is 1. The number of aromatic nitrogens is 2. The zero-order chi connectivity index (χ0) is 23.8. The van der Waals surface area contributed by atoms with Gasteiger partial charge >= 0.3 is 5.97 Å². The molecular weight excluding hydrogens is 433 g/mol. The highest BCUT2D eigenvalue weighted by atomic mass is 19.1. The highest BCUT2D eigenvalue weighted by molar-refractivity contribution is 5.79. The number of halogens is 1. The van der Waals surface area contributed by atoms with Gasteiger partial charge in [0.05, 0.1) is 36.9 Å². The Hall–Kier alpha value is -3.87. The number of hydrogen-bond acceptors (Lipinski definition) is 5. The van der Waals surface area contributed by atoms with Crippen LogP contribution in [-0.4, -0.2) is 29.2 Å². The molecule has 7 heteroatoms. The van der Waals surface area contributed by atoms with Crippen LogP contribution < -0.4 is 10.1 Å². The molecule has 1 aliphatic rings. The molecule has 5 rings (SSSR count). The second-order valence-corrected chi connectivity index (χ2v) is 8.58. The molecule has 0 bridgehead atoms. The summed E-state index contributed by atoms with van der Waals surface area (Å²) in [6.45, 7) is 5.10. The number of esters is 1. The van der Waals surface area contributed by atoms with Gasteiger partial charge in [0.25, 0.3) is 0 Å². The monoisotopic (exact) mass is 459 g/mol. The van der Waals surface area contributed by atoms with Gasteiger partial charge in [-0.15, -0.1) is 0 Å². The Kier molecular flexibility index (Phi) is 5.69. The summed E-state index contributed by atoms with van der Waals surface area (Å²) in [7, 11) is 1.40. The minimum absolute atomic E-state index is 0.0218. The number of nitrogens with one attached hydrogen (secondary N) is 1. The Morgan fingerprint density at radius 2 is 2.06 bits per heavy atom. The molecule has 1 aromatic heterocycles. The fourth-order valence-electron chi connectivity index (χ4n) is 4.61. The van der Waals surface area contributed by atoms with E-state index in [9.17, 15) is 9.18 Å². The van der Waals surface area contributed by atoms with E-state index in [1.165, 1.54) is 19.2 Å². The molecule has 0 saturated carbocycles. The third kappa shape index (κ3) is 3.98. The summed E-state index contributed by atoms with van der Waals surface area (Å²) in [4.78, 5) is 16.2. The van der Waals surface area contributed by atoms with E-state index in [2.05, 4.69) is 23.3 Å². The van der Waals surface area contributed by atoms with Crippen molar-refractivity contribution in [2.24, 2.45) is 0 Å². The number of benzene rings is 3. The first kappa shape index (κ1) is 21.9. The predicted molar refractivity (Wildman–Crippen MR) is 129 cm³/mol. The van der Waals surface area contributed by atoms with Gasteiger partial charge in [0.1, 0.15) is 17.4 Å². The molecule has 1 aliphatic heterocycles. The number of carbonyl (C=O) groups is 1. The lowest BCUT2D eigenvalue weighted by atomic mass is 9.97.